The van der Waals surface area contributed by atoms with Gasteiger partial charge in [-0.05, 0) is 43.5 Å². The maximum atomic E-state index is 10.8. The van der Waals surface area contributed by atoms with Crippen molar-refractivity contribution in [2.75, 3.05) is 18.5 Å². The van der Waals surface area contributed by atoms with E-state index in [4.69, 9.17) is 5.11 Å². The van der Waals surface area contributed by atoms with Gasteiger partial charge < -0.3 is 10.0 Å². The van der Waals surface area contributed by atoms with E-state index in [1.54, 1.807) is 6.92 Å². The lowest BCUT2D eigenvalue weighted by Crippen LogP contribution is -2.28. The van der Waals surface area contributed by atoms with Gasteiger partial charge in [-0.1, -0.05) is 13.0 Å². The number of carboxylic acid groups (broad SMARTS) is 1. The summed E-state index contributed by atoms with van der Waals surface area (Å²) in [6.45, 7) is 8.48. The maximum Gasteiger partial charge on any atom is 0.308 e. The molecular weight excluding hydrogens is 214 g/mol. The van der Waals surface area contributed by atoms with Gasteiger partial charge in [-0.3, -0.25) is 4.79 Å². The third kappa shape index (κ3) is 3.22. The van der Waals surface area contributed by atoms with Gasteiger partial charge in [0.05, 0.1) is 5.92 Å². The average molecular weight is 235 g/mol. The van der Waals surface area contributed by atoms with E-state index in [2.05, 4.69) is 32.9 Å². The Morgan fingerprint density at radius 3 is 2.29 bits per heavy atom. The predicted octanol–water partition coefficient (Wildman–Crippen LogP) is 2.77. The molecule has 0 aromatic heterocycles. The number of hydrogen-bond donors (Lipinski definition) is 1. The minimum Gasteiger partial charge on any atom is -0.481 e. The lowest BCUT2D eigenvalue weighted by atomic mass is 10.0. The fourth-order valence-electron chi connectivity index (χ4n) is 1.94. The standard InChI is InChI=1S/C14H21NO2/c1-9-6-11(3)13(7-10(9)2)15(5)8-12(4)14(16)17/h6-7,12H,8H2,1-5H3,(H,16,17). The molecule has 0 saturated carbocycles. The van der Waals surface area contributed by atoms with Crippen LogP contribution in [0.3, 0.4) is 0 Å². The van der Waals surface area contributed by atoms with Gasteiger partial charge in [-0.25, -0.2) is 0 Å². The van der Waals surface area contributed by atoms with Gasteiger partial charge in [0.25, 0.3) is 0 Å². The van der Waals surface area contributed by atoms with Gasteiger partial charge in [0.1, 0.15) is 0 Å². The van der Waals surface area contributed by atoms with Crippen LogP contribution in [-0.2, 0) is 4.79 Å². The maximum absolute atomic E-state index is 10.8. The highest BCUT2D eigenvalue weighted by Crippen LogP contribution is 2.23. The second kappa shape index (κ2) is 5.21. The zero-order chi connectivity index (χ0) is 13.2. The van der Waals surface area contributed by atoms with Gasteiger partial charge >= 0.3 is 5.97 Å². The summed E-state index contributed by atoms with van der Waals surface area (Å²) in [5, 5.41) is 8.92. The number of rotatable bonds is 4. The quantitative estimate of drug-likeness (QED) is 0.872. The van der Waals surface area contributed by atoms with Gasteiger partial charge in [0, 0.05) is 19.3 Å². The minimum atomic E-state index is -0.752. The van der Waals surface area contributed by atoms with Crippen molar-refractivity contribution in [2.24, 2.45) is 5.92 Å². The molecule has 3 heteroatoms. The van der Waals surface area contributed by atoms with Crippen molar-refractivity contribution in [1.82, 2.24) is 0 Å². The first-order valence-corrected chi connectivity index (χ1v) is 5.84. The Labute approximate surface area is 103 Å². The van der Waals surface area contributed by atoms with E-state index in [0.29, 0.717) is 6.54 Å². The number of carbonyl (C=O) groups is 1. The normalized spacial score (nSPS) is 12.3. The molecule has 0 spiro atoms. The third-order valence-corrected chi connectivity index (χ3v) is 3.19. The molecule has 1 N–H and O–H groups in total. The number of hydrogen-bond acceptors (Lipinski definition) is 2. The molecule has 94 valence electrons. The van der Waals surface area contributed by atoms with Crippen LogP contribution in [0.25, 0.3) is 0 Å². The second-order valence-electron chi connectivity index (χ2n) is 4.84. The van der Waals surface area contributed by atoms with Crippen molar-refractivity contribution >= 4 is 11.7 Å². The first-order valence-electron chi connectivity index (χ1n) is 5.84. The highest BCUT2D eigenvalue weighted by Gasteiger charge is 2.15. The molecule has 0 aliphatic carbocycles. The number of aryl methyl sites for hydroxylation is 3. The summed E-state index contributed by atoms with van der Waals surface area (Å²) in [4.78, 5) is 12.9. The lowest BCUT2D eigenvalue weighted by Gasteiger charge is -2.24. The van der Waals surface area contributed by atoms with E-state index < -0.39 is 5.97 Å². The van der Waals surface area contributed by atoms with Crippen LogP contribution in [0.4, 0.5) is 5.69 Å². The molecule has 0 saturated heterocycles. The molecule has 0 amide bonds. The highest BCUT2D eigenvalue weighted by atomic mass is 16.4. The van der Waals surface area contributed by atoms with Crippen molar-refractivity contribution in [3.8, 4) is 0 Å². The van der Waals surface area contributed by atoms with E-state index in [1.807, 2.05) is 11.9 Å². The molecule has 17 heavy (non-hydrogen) atoms. The van der Waals surface area contributed by atoms with Gasteiger partial charge in [0.15, 0.2) is 0 Å². The molecule has 0 radical (unpaired) electrons. The zero-order valence-corrected chi connectivity index (χ0v) is 11.2. The van der Waals surface area contributed by atoms with Crippen molar-refractivity contribution in [1.29, 1.82) is 0 Å². The molecule has 1 atom stereocenters. The summed E-state index contributed by atoms with van der Waals surface area (Å²) in [6.07, 6.45) is 0. The molecule has 1 rings (SSSR count). The summed E-state index contributed by atoms with van der Waals surface area (Å²) in [6, 6.07) is 4.27. The zero-order valence-electron chi connectivity index (χ0n) is 11.2. The van der Waals surface area contributed by atoms with Crippen molar-refractivity contribution in [3.63, 3.8) is 0 Å². The molecule has 0 aliphatic rings. The van der Waals surface area contributed by atoms with Crippen molar-refractivity contribution in [2.45, 2.75) is 27.7 Å². The molecule has 3 nitrogen and oxygen atoms in total. The van der Waals surface area contributed by atoms with Crippen LogP contribution in [0, 0.1) is 26.7 Å². The highest BCUT2D eigenvalue weighted by molar-refractivity contribution is 5.70. The van der Waals surface area contributed by atoms with Crippen LogP contribution < -0.4 is 4.90 Å². The lowest BCUT2D eigenvalue weighted by molar-refractivity contribution is -0.140. The topological polar surface area (TPSA) is 40.5 Å². The van der Waals surface area contributed by atoms with Gasteiger partial charge in [0.2, 0.25) is 0 Å². The molecule has 1 unspecified atom stereocenters. The number of carboxylic acids is 1. The third-order valence-electron chi connectivity index (χ3n) is 3.19. The average Bonchev–Trinajstić information content (AvgIpc) is 2.22. The van der Waals surface area contributed by atoms with E-state index >= 15 is 0 Å². The number of aliphatic carboxylic acids is 1. The second-order valence-corrected chi connectivity index (χ2v) is 4.84. The first kappa shape index (κ1) is 13.6. The van der Waals surface area contributed by atoms with Crippen LogP contribution in [0.15, 0.2) is 12.1 Å². The van der Waals surface area contributed by atoms with E-state index in [-0.39, 0.29) is 5.92 Å². The molecule has 0 bridgehead atoms. The fourth-order valence-corrected chi connectivity index (χ4v) is 1.94. The Balaban J connectivity index is 2.92. The number of benzene rings is 1. The predicted molar refractivity (Wildman–Crippen MR) is 70.7 cm³/mol. The molecule has 0 aliphatic heterocycles. The smallest absolute Gasteiger partial charge is 0.308 e. The van der Waals surface area contributed by atoms with Crippen LogP contribution >= 0.6 is 0 Å². The van der Waals surface area contributed by atoms with E-state index in [0.717, 1.165) is 5.69 Å². The Hall–Kier alpha value is -1.51. The fraction of sp³-hybridized carbons (Fsp3) is 0.500. The summed E-state index contributed by atoms with van der Waals surface area (Å²) < 4.78 is 0. The van der Waals surface area contributed by atoms with Crippen LogP contribution in [0.1, 0.15) is 23.6 Å². The summed E-state index contributed by atoms with van der Waals surface area (Å²) in [5.41, 5.74) is 4.81. The minimum absolute atomic E-state index is 0.360. The van der Waals surface area contributed by atoms with Crippen LogP contribution in [0.2, 0.25) is 0 Å². The van der Waals surface area contributed by atoms with Crippen LogP contribution in [-0.4, -0.2) is 24.7 Å². The van der Waals surface area contributed by atoms with Crippen molar-refractivity contribution in [3.05, 3.63) is 28.8 Å². The Morgan fingerprint density at radius 2 is 1.76 bits per heavy atom. The molecular formula is C14H21NO2. The summed E-state index contributed by atoms with van der Waals surface area (Å²) in [7, 11) is 1.94. The monoisotopic (exact) mass is 235 g/mol. The molecule has 1 aromatic carbocycles. The van der Waals surface area contributed by atoms with Gasteiger partial charge in [-0.2, -0.15) is 0 Å². The van der Waals surface area contributed by atoms with Crippen LogP contribution in [0.5, 0.6) is 0 Å². The van der Waals surface area contributed by atoms with Crippen molar-refractivity contribution < 1.29 is 9.90 Å². The molecule has 0 fully saturated rings. The summed E-state index contributed by atoms with van der Waals surface area (Å²) >= 11 is 0. The number of anilines is 1. The summed E-state index contributed by atoms with van der Waals surface area (Å²) in [5.74, 6) is -1.11. The Morgan fingerprint density at radius 1 is 1.24 bits per heavy atom. The largest absolute Gasteiger partial charge is 0.481 e. The first-order chi connectivity index (χ1) is 7.82. The van der Waals surface area contributed by atoms with Gasteiger partial charge in [-0.15, -0.1) is 0 Å². The Kier molecular flexibility index (Phi) is 4.16. The van der Waals surface area contributed by atoms with E-state index in [1.165, 1.54) is 16.7 Å². The molecule has 1 aromatic rings. The number of nitrogens with zero attached hydrogens (tertiary/aromatic N) is 1. The SMILES string of the molecule is Cc1cc(C)c(N(C)CC(C)C(=O)O)cc1C. The molecule has 0 heterocycles. The van der Waals surface area contributed by atoms with E-state index in [9.17, 15) is 4.79 Å². The Bertz CT molecular complexity index is 426.